The summed E-state index contributed by atoms with van der Waals surface area (Å²) in [5.41, 5.74) is 4.53. The van der Waals surface area contributed by atoms with E-state index in [2.05, 4.69) is 60.8 Å². The molecule has 0 saturated carbocycles. The summed E-state index contributed by atoms with van der Waals surface area (Å²) in [5, 5.41) is 0.728. The van der Waals surface area contributed by atoms with Crippen LogP contribution >= 0.6 is 11.6 Å². The molecule has 0 unspecified atom stereocenters. The zero-order valence-electron chi connectivity index (χ0n) is 13.9. The summed E-state index contributed by atoms with van der Waals surface area (Å²) >= 11 is 6.15. The number of nitrogens with zero attached hydrogens (tertiary/aromatic N) is 3. The molecular formula is C19H22ClN3. The lowest BCUT2D eigenvalue weighted by Crippen LogP contribution is -2.15. The third-order valence-corrected chi connectivity index (χ3v) is 4.32. The SMILES string of the molecule is Cc1ccccc1-c1nc2cc(Cl)ccc2n1CCCN(C)C. The molecule has 0 radical (unpaired) electrons. The summed E-state index contributed by atoms with van der Waals surface area (Å²) in [6, 6.07) is 14.4. The van der Waals surface area contributed by atoms with Gasteiger partial charge in [-0.2, -0.15) is 0 Å². The number of rotatable bonds is 5. The highest BCUT2D eigenvalue weighted by Crippen LogP contribution is 2.28. The van der Waals surface area contributed by atoms with Crippen LogP contribution in [0.5, 0.6) is 0 Å². The molecule has 0 aliphatic carbocycles. The number of aryl methyl sites for hydroxylation is 2. The average molecular weight is 328 g/mol. The quantitative estimate of drug-likeness (QED) is 0.682. The summed E-state index contributed by atoms with van der Waals surface area (Å²) in [7, 11) is 4.21. The van der Waals surface area contributed by atoms with Crippen molar-refractivity contribution >= 4 is 22.6 Å². The van der Waals surface area contributed by atoms with Gasteiger partial charge >= 0.3 is 0 Å². The largest absolute Gasteiger partial charge is 0.324 e. The van der Waals surface area contributed by atoms with Crippen molar-refractivity contribution in [3.05, 3.63) is 53.1 Å². The number of fused-ring (bicyclic) bond motifs is 1. The van der Waals surface area contributed by atoms with Crippen LogP contribution < -0.4 is 0 Å². The van der Waals surface area contributed by atoms with Crippen LogP contribution in [0.3, 0.4) is 0 Å². The minimum atomic E-state index is 0.728. The Morgan fingerprint density at radius 2 is 1.91 bits per heavy atom. The fraction of sp³-hybridized carbons (Fsp3) is 0.316. The third kappa shape index (κ3) is 3.41. The van der Waals surface area contributed by atoms with Crippen LogP contribution in [0.1, 0.15) is 12.0 Å². The minimum Gasteiger partial charge on any atom is -0.324 e. The van der Waals surface area contributed by atoms with Gasteiger partial charge in [0, 0.05) is 17.1 Å². The van der Waals surface area contributed by atoms with E-state index in [1.165, 1.54) is 11.1 Å². The van der Waals surface area contributed by atoms with Gasteiger partial charge in [0.15, 0.2) is 0 Å². The molecule has 0 fully saturated rings. The lowest BCUT2D eigenvalue weighted by Gasteiger charge is -2.13. The molecule has 120 valence electrons. The molecule has 0 spiro atoms. The van der Waals surface area contributed by atoms with Gasteiger partial charge < -0.3 is 9.47 Å². The molecule has 0 N–H and O–H groups in total. The number of hydrogen-bond donors (Lipinski definition) is 0. The van der Waals surface area contributed by atoms with Gasteiger partial charge in [0.2, 0.25) is 0 Å². The fourth-order valence-electron chi connectivity index (χ4n) is 2.90. The number of halogens is 1. The smallest absolute Gasteiger partial charge is 0.141 e. The second-order valence-electron chi connectivity index (χ2n) is 6.19. The maximum atomic E-state index is 6.15. The predicted molar refractivity (Wildman–Crippen MR) is 98.1 cm³/mol. The fourth-order valence-corrected chi connectivity index (χ4v) is 3.07. The molecule has 23 heavy (non-hydrogen) atoms. The Kier molecular flexibility index (Phi) is 4.69. The van der Waals surface area contributed by atoms with Crippen LogP contribution in [0.2, 0.25) is 5.02 Å². The van der Waals surface area contributed by atoms with Gasteiger partial charge in [0.1, 0.15) is 5.82 Å². The van der Waals surface area contributed by atoms with Crippen LogP contribution in [-0.4, -0.2) is 35.1 Å². The molecule has 3 rings (SSSR count). The zero-order valence-corrected chi connectivity index (χ0v) is 14.6. The Hall–Kier alpha value is -1.84. The number of hydrogen-bond acceptors (Lipinski definition) is 2. The van der Waals surface area contributed by atoms with E-state index < -0.39 is 0 Å². The Morgan fingerprint density at radius 3 is 2.65 bits per heavy atom. The van der Waals surface area contributed by atoms with Crippen LogP contribution in [0, 0.1) is 6.92 Å². The van der Waals surface area contributed by atoms with E-state index in [4.69, 9.17) is 16.6 Å². The molecule has 1 heterocycles. The zero-order chi connectivity index (χ0) is 16.4. The van der Waals surface area contributed by atoms with Crippen molar-refractivity contribution in [1.82, 2.24) is 14.5 Å². The number of benzene rings is 2. The molecule has 2 aromatic carbocycles. The monoisotopic (exact) mass is 327 g/mol. The van der Waals surface area contributed by atoms with Crippen molar-refractivity contribution in [2.24, 2.45) is 0 Å². The summed E-state index contributed by atoms with van der Waals surface area (Å²) in [4.78, 5) is 7.08. The van der Waals surface area contributed by atoms with Crippen LogP contribution in [0.15, 0.2) is 42.5 Å². The van der Waals surface area contributed by atoms with Crippen LogP contribution in [-0.2, 0) is 6.54 Å². The lowest BCUT2D eigenvalue weighted by molar-refractivity contribution is 0.388. The third-order valence-electron chi connectivity index (χ3n) is 4.08. The molecule has 0 bridgehead atoms. The van der Waals surface area contributed by atoms with Gasteiger partial charge in [0.25, 0.3) is 0 Å². The van der Waals surface area contributed by atoms with Crippen LogP contribution in [0.4, 0.5) is 0 Å². The van der Waals surface area contributed by atoms with E-state index in [0.717, 1.165) is 41.4 Å². The van der Waals surface area contributed by atoms with E-state index in [0.29, 0.717) is 0 Å². The second-order valence-corrected chi connectivity index (χ2v) is 6.63. The Labute approximate surface area is 142 Å². The van der Waals surface area contributed by atoms with Gasteiger partial charge in [-0.15, -0.1) is 0 Å². The average Bonchev–Trinajstić information content (AvgIpc) is 2.85. The first-order valence-electron chi connectivity index (χ1n) is 7.93. The van der Waals surface area contributed by atoms with Crippen molar-refractivity contribution < 1.29 is 0 Å². The van der Waals surface area contributed by atoms with Gasteiger partial charge in [-0.05, 0) is 57.7 Å². The highest BCUT2D eigenvalue weighted by Gasteiger charge is 2.14. The Morgan fingerprint density at radius 1 is 1.13 bits per heavy atom. The first-order valence-corrected chi connectivity index (χ1v) is 8.30. The maximum Gasteiger partial charge on any atom is 0.141 e. The highest BCUT2D eigenvalue weighted by molar-refractivity contribution is 6.31. The number of imidazole rings is 1. The van der Waals surface area contributed by atoms with Crippen molar-refractivity contribution in [3.63, 3.8) is 0 Å². The van der Waals surface area contributed by atoms with Gasteiger partial charge in [-0.25, -0.2) is 4.98 Å². The maximum absolute atomic E-state index is 6.15. The normalized spacial score (nSPS) is 11.5. The predicted octanol–water partition coefficient (Wildman–Crippen LogP) is 4.62. The van der Waals surface area contributed by atoms with Crippen molar-refractivity contribution in [3.8, 4) is 11.4 Å². The molecule has 0 saturated heterocycles. The molecule has 0 aliphatic rings. The van der Waals surface area contributed by atoms with Gasteiger partial charge in [-0.3, -0.25) is 0 Å². The summed E-state index contributed by atoms with van der Waals surface area (Å²) in [5.74, 6) is 1.03. The Bertz CT molecular complexity index is 821. The summed E-state index contributed by atoms with van der Waals surface area (Å²) in [6.45, 7) is 4.13. The van der Waals surface area contributed by atoms with Crippen molar-refractivity contribution in [1.29, 1.82) is 0 Å². The number of aromatic nitrogens is 2. The molecule has 1 aromatic heterocycles. The van der Waals surface area contributed by atoms with Gasteiger partial charge in [0.05, 0.1) is 11.0 Å². The molecule has 0 atom stereocenters. The molecule has 0 amide bonds. The minimum absolute atomic E-state index is 0.728. The molecule has 3 nitrogen and oxygen atoms in total. The van der Waals surface area contributed by atoms with E-state index in [9.17, 15) is 0 Å². The van der Waals surface area contributed by atoms with Crippen LogP contribution in [0.25, 0.3) is 22.4 Å². The van der Waals surface area contributed by atoms with E-state index in [1.807, 2.05) is 12.1 Å². The first kappa shape index (κ1) is 16.0. The first-order chi connectivity index (χ1) is 11.1. The van der Waals surface area contributed by atoms with Gasteiger partial charge in [-0.1, -0.05) is 35.9 Å². The molecular weight excluding hydrogens is 306 g/mol. The van der Waals surface area contributed by atoms with E-state index in [-0.39, 0.29) is 0 Å². The standard InChI is InChI=1S/C19H22ClN3/c1-14-7-4-5-8-16(14)19-21-17-13-15(20)9-10-18(17)23(19)12-6-11-22(2)3/h4-5,7-10,13H,6,11-12H2,1-3H3. The van der Waals surface area contributed by atoms with E-state index >= 15 is 0 Å². The molecule has 4 heteroatoms. The summed E-state index contributed by atoms with van der Waals surface area (Å²) < 4.78 is 2.32. The Balaban J connectivity index is 2.10. The second kappa shape index (κ2) is 6.73. The highest BCUT2D eigenvalue weighted by atomic mass is 35.5. The van der Waals surface area contributed by atoms with Crippen molar-refractivity contribution in [2.75, 3.05) is 20.6 Å². The van der Waals surface area contributed by atoms with E-state index in [1.54, 1.807) is 0 Å². The molecule has 3 aromatic rings. The lowest BCUT2D eigenvalue weighted by atomic mass is 10.1. The summed E-state index contributed by atoms with van der Waals surface area (Å²) in [6.07, 6.45) is 1.08. The van der Waals surface area contributed by atoms with Crippen molar-refractivity contribution in [2.45, 2.75) is 19.9 Å². The molecule has 0 aliphatic heterocycles. The topological polar surface area (TPSA) is 21.1 Å².